The van der Waals surface area contributed by atoms with Gasteiger partial charge in [-0.3, -0.25) is 14.9 Å². The highest BCUT2D eigenvalue weighted by Crippen LogP contribution is 2.25. The number of unbranched alkanes of at least 4 members (excludes halogenated alkanes) is 1. The van der Waals surface area contributed by atoms with E-state index in [2.05, 4.69) is 10.3 Å². The van der Waals surface area contributed by atoms with E-state index < -0.39 is 4.92 Å². The topological polar surface area (TPSA) is 111 Å². The molecule has 98 valence electrons. The Morgan fingerprint density at radius 1 is 1.56 bits per heavy atom. The normalized spacial score (nSPS) is 10.1. The van der Waals surface area contributed by atoms with Crippen molar-refractivity contribution in [2.45, 2.75) is 26.2 Å². The Balaban J connectivity index is 2.54. The van der Waals surface area contributed by atoms with Crippen LogP contribution in [0.25, 0.3) is 0 Å². The lowest BCUT2D eigenvalue weighted by molar-refractivity contribution is -0.384. The molecule has 0 aliphatic carbocycles. The first-order valence-electron chi connectivity index (χ1n) is 5.64. The van der Waals surface area contributed by atoms with Crippen molar-refractivity contribution < 1.29 is 9.72 Å². The SMILES string of the molecule is Cc1ccnc(NCCCCC(N)=O)c1[N+](=O)[O-]. The first-order valence-corrected chi connectivity index (χ1v) is 5.64. The van der Waals surface area contributed by atoms with Crippen LogP contribution in [-0.2, 0) is 4.79 Å². The Morgan fingerprint density at radius 2 is 2.28 bits per heavy atom. The maximum Gasteiger partial charge on any atom is 0.314 e. The predicted molar refractivity (Wildman–Crippen MR) is 67.2 cm³/mol. The molecule has 0 atom stereocenters. The third-order valence-corrected chi connectivity index (χ3v) is 2.45. The molecule has 0 spiro atoms. The fraction of sp³-hybridized carbons (Fsp3) is 0.455. The molecule has 1 aromatic heterocycles. The highest BCUT2D eigenvalue weighted by molar-refractivity contribution is 5.73. The fourth-order valence-electron chi connectivity index (χ4n) is 1.54. The Labute approximate surface area is 105 Å². The summed E-state index contributed by atoms with van der Waals surface area (Å²) in [5.41, 5.74) is 5.57. The van der Waals surface area contributed by atoms with Gasteiger partial charge in [0.15, 0.2) is 0 Å². The number of amides is 1. The quantitative estimate of drug-likeness (QED) is 0.432. The summed E-state index contributed by atoms with van der Waals surface area (Å²) in [6.07, 6.45) is 3.21. The number of rotatable bonds is 7. The highest BCUT2D eigenvalue weighted by Gasteiger charge is 2.17. The van der Waals surface area contributed by atoms with E-state index in [0.717, 1.165) is 0 Å². The third-order valence-electron chi connectivity index (χ3n) is 2.45. The molecule has 0 bridgehead atoms. The number of nitro groups is 1. The second-order valence-corrected chi connectivity index (χ2v) is 3.93. The van der Waals surface area contributed by atoms with Crippen molar-refractivity contribution in [2.75, 3.05) is 11.9 Å². The molecule has 0 saturated heterocycles. The molecule has 0 aromatic carbocycles. The molecule has 3 N–H and O–H groups in total. The number of aryl methyl sites for hydroxylation is 1. The average molecular weight is 252 g/mol. The van der Waals surface area contributed by atoms with Gasteiger partial charge in [0.1, 0.15) is 0 Å². The van der Waals surface area contributed by atoms with Gasteiger partial charge < -0.3 is 11.1 Å². The van der Waals surface area contributed by atoms with Gasteiger partial charge in [-0.05, 0) is 25.8 Å². The summed E-state index contributed by atoms with van der Waals surface area (Å²) >= 11 is 0. The molecule has 18 heavy (non-hydrogen) atoms. The predicted octanol–water partition coefficient (Wildman–Crippen LogP) is 1.37. The van der Waals surface area contributed by atoms with E-state index in [0.29, 0.717) is 31.4 Å². The second kappa shape index (κ2) is 6.53. The van der Waals surface area contributed by atoms with Crippen LogP contribution >= 0.6 is 0 Å². The zero-order valence-electron chi connectivity index (χ0n) is 10.2. The number of carbonyl (C=O) groups excluding carboxylic acids is 1. The van der Waals surface area contributed by atoms with E-state index in [4.69, 9.17) is 5.73 Å². The summed E-state index contributed by atoms with van der Waals surface area (Å²) in [6.45, 7) is 2.18. The van der Waals surface area contributed by atoms with Crippen LogP contribution in [0, 0.1) is 17.0 Å². The van der Waals surface area contributed by atoms with Crippen molar-refractivity contribution >= 4 is 17.4 Å². The summed E-state index contributed by atoms with van der Waals surface area (Å²) in [6, 6.07) is 1.59. The number of carbonyl (C=O) groups is 1. The Morgan fingerprint density at radius 3 is 2.89 bits per heavy atom. The molecule has 1 rings (SSSR count). The zero-order chi connectivity index (χ0) is 13.5. The van der Waals surface area contributed by atoms with Crippen LogP contribution in [0.15, 0.2) is 12.3 Å². The number of hydrogen-bond acceptors (Lipinski definition) is 5. The summed E-state index contributed by atoms with van der Waals surface area (Å²) in [4.78, 5) is 24.9. The Kier molecular flexibility index (Phi) is 5.04. The molecule has 1 heterocycles. The number of pyridine rings is 1. The number of nitrogens with two attached hydrogens (primary N) is 1. The van der Waals surface area contributed by atoms with Crippen LogP contribution in [0.1, 0.15) is 24.8 Å². The number of anilines is 1. The molecule has 0 radical (unpaired) electrons. The molecule has 0 saturated carbocycles. The van der Waals surface area contributed by atoms with Gasteiger partial charge in [-0.25, -0.2) is 4.98 Å². The minimum Gasteiger partial charge on any atom is -0.370 e. The van der Waals surface area contributed by atoms with Gasteiger partial charge in [-0.15, -0.1) is 0 Å². The smallest absolute Gasteiger partial charge is 0.314 e. The molecule has 1 amide bonds. The zero-order valence-corrected chi connectivity index (χ0v) is 10.2. The molecule has 7 nitrogen and oxygen atoms in total. The van der Waals surface area contributed by atoms with Gasteiger partial charge in [0.05, 0.1) is 4.92 Å². The molecule has 0 unspecified atom stereocenters. The van der Waals surface area contributed by atoms with Gasteiger partial charge in [0.25, 0.3) is 0 Å². The first-order chi connectivity index (χ1) is 8.52. The monoisotopic (exact) mass is 252 g/mol. The van der Waals surface area contributed by atoms with Crippen molar-refractivity contribution in [1.82, 2.24) is 4.98 Å². The van der Waals surface area contributed by atoms with Crippen LogP contribution in [0.2, 0.25) is 0 Å². The van der Waals surface area contributed by atoms with Crippen molar-refractivity contribution in [3.63, 3.8) is 0 Å². The van der Waals surface area contributed by atoms with Crippen LogP contribution in [0.4, 0.5) is 11.5 Å². The number of primary amides is 1. The van der Waals surface area contributed by atoms with Crippen molar-refractivity contribution in [2.24, 2.45) is 5.73 Å². The molecule has 0 fully saturated rings. The average Bonchev–Trinajstić information content (AvgIpc) is 2.27. The standard InChI is InChI=1S/C11H16N4O3/c1-8-5-7-14-11(10(8)15(17)18)13-6-3-2-4-9(12)16/h5,7H,2-4,6H2,1H3,(H2,12,16)(H,13,14). The Bertz CT molecular complexity index is 448. The minimum absolute atomic E-state index is 0.00704. The van der Waals surface area contributed by atoms with Crippen LogP contribution in [0.3, 0.4) is 0 Å². The van der Waals surface area contributed by atoms with E-state index in [1.165, 1.54) is 6.20 Å². The molecule has 7 heteroatoms. The van der Waals surface area contributed by atoms with Crippen molar-refractivity contribution in [3.8, 4) is 0 Å². The molecule has 0 aliphatic rings. The number of nitrogens with one attached hydrogen (secondary N) is 1. The summed E-state index contributed by atoms with van der Waals surface area (Å²) in [7, 11) is 0. The summed E-state index contributed by atoms with van der Waals surface area (Å²) in [5.74, 6) is -0.0752. The van der Waals surface area contributed by atoms with Crippen LogP contribution < -0.4 is 11.1 Å². The molecular weight excluding hydrogens is 236 g/mol. The number of nitrogens with zero attached hydrogens (tertiary/aromatic N) is 2. The molecule has 0 aliphatic heterocycles. The maximum atomic E-state index is 10.9. The first kappa shape index (κ1) is 13.9. The highest BCUT2D eigenvalue weighted by atomic mass is 16.6. The van der Waals surface area contributed by atoms with Crippen LogP contribution in [0.5, 0.6) is 0 Å². The van der Waals surface area contributed by atoms with Gasteiger partial charge in [-0.1, -0.05) is 0 Å². The van der Waals surface area contributed by atoms with Crippen LogP contribution in [-0.4, -0.2) is 22.4 Å². The lowest BCUT2D eigenvalue weighted by Gasteiger charge is -2.06. The second-order valence-electron chi connectivity index (χ2n) is 3.93. The third kappa shape index (κ3) is 4.00. The van der Waals surface area contributed by atoms with Crippen molar-refractivity contribution in [1.29, 1.82) is 0 Å². The van der Waals surface area contributed by atoms with E-state index in [1.807, 2.05) is 0 Å². The van der Waals surface area contributed by atoms with Crippen molar-refractivity contribution in [3.05, 3.63) is 27.9 Å². The summed E-state index contributed by atoms with van der Waals surface area (Å²) in [5, 5.41) is 13.8. The summed E-state index contributed by atoms with van der Waals surface area (Å²) < 4.78 is 0. The van der Waals surface area contributed by atoms with E-state index in [9.17, 15) is 14.9 Å². The maximum absolute atomic E-state index is 10.9. The van der Waals surface area contributed by atoms with E-state index in [-0.39, 0.29) is 17.4 Å². The Hall–Kier alpha value is -2.18. The molecular formula is C11H16N4O3. The number of hydrogen-bond donors (Lipinski definition) is 2. The van der Waals surface area contributed by atoms with Gasteiger partial charge >= 0.3 is 5.69 Å². The van der Waals surface area contributed by atoms with Gasteiger partial charge in [-0.2, -0.15) is 0 Å². The van der Waals surface area contributed by atoms with E-state index in [1.54, 1.807) is 13.0 Å². The van der Waals surface area contributed by atoms with E-state index >= 15 is 0 Å². The lowest BCUT2D eigenvalue weighted by Crippen LogP contribution is -2.11. The minimum atomic E-state index is -0.450. The van der Waals surface area contributed by atoms with Gasteiger partial charge in [0.2, 0.25) is 11.7 Å². The largest absolute Gasteiger partial charge is 0.370 e. The fourth-order valence-corrected chi connectivity index (χ4v) is 1.54. The lowest BCUT2D eigenvalue weighted by atomic mass is 10.2. The molecule has 1 aromatic rings. The van der Waals surface area contributed by atoms with Gasteiger partial charge in [0, 0.05) is 24.7 Å². The number of aromatic nitrogens is 1.